The molecule has 0 spiro atoms. The van der Waals surface area contributed by atoms with Crippen LogP contribution >= 0.6 is 0 Å². The van der Waals surface area contributed by atoms with Crippen LogP contribution in [0.2, 0.25) is 0 Å². The Labute approximate surface area is 87.7 Å². The van der Waals surface area contributed by atoms with Crippen LogP contribution in [0.5, 0.6) is 5.88 Å². The van der Waals surface area contributed by atoms with Crippen molar-refractivity contribution < 1.29 is 4.74 Å². The Morgan fingerprint density at radius 1 is 1.67 bits per heavy atom. The maximum atomic E-state index is 8.04. The van der Waals surface area contributed by atoms with Crippen LogP contribution in [0.4, 0.5) is 0 Å². The topological polar surface area (TPSA) is 70.9 Å². The van der Waals surface area contributed by atoms with E-state index in [4.69, 9.17) is 10.3 Å². The normalized spacial score (nSPS) is 8.40. The van der Waals surface area contributed by atoms with E-state index in [2.05, 4.69) is 26.9 Å². The third kappa shape index (κ3) is 3.22. The summed E-state index contributed by atoms with van der Waals surface area (Å²) in [5, 5.41) is 3.30. The predicted molar refractivity (Wildman–Crippen MR) is 56.4 cm³/mol. The summed E-state index contributed by atoms with van der Waals surface area (Å²) < 4.78 is 5.02. The summed E-state index contributed by atoms with van der Waals surface area (Å²) in [5.74, 6) is 6.15. The van der Waals surface area contributed by atoms with Gasteiger partial charge >= 0.3 is 0 Å². The van der Waals surface area contributed by atoms with E-state index in [-0.39, 0.29) is 6.54 Å². The average molecular weight is 202 g/mol. The van der Waals surface area contributed by atoms with Crippen molar-refractivity contribution in [1.29, 1.82) is 0 Å². The Hall–Kier alpha value is -2.18. The van der Waals surface area contributed by atoms with E-state index >= 15 is 0 Å². The second-order valence-corrected chi connectivity index (χ2v) is 2.74. The number of methoxy groups -OCH3 is 1. The summed E-state index contributed by atoms with van der Waals surface area (Å²) in [4.78, 5) is 6.67. The lowest BCUT2D eigenvalue weighted by Gasteiger charge is -2.01. The minimum absolute atomic E-state index is 0.168. The largest absolute Gasteiger partial charge is 0.481 e. The second-order valence-electron chi connectivity index (χ2n) is 2.74. The van der Waals surface area contributed by atoms with E-state index in [0.717, 1.165) is 11.1 Å². The van der Waals surface area contributed by atoms with Gasteiger partial charge in [0.2, 0.25) is 5.88 Å². The molecule has 15 heavy (non-hydrogen) atoms. The Balaban J connectivity index is 2.82. The second kappa shape index (κ2) is 5.53. The van der Waals surface area contributed by atoms with Crippen LogP contribution in [0.1, 0.15) is 11.1 Å². The van der Waals surface area contributed by atoms with Crippen LogP contribution in [0.15, 0.2) is 17.4 Å². The number of nitrogens with zero attached hydrogens (tertiary/aromatic N) is 4. The zero-order chi connectivity index (χ0) is 11.1. The summed E-state index contributed by atoms with van der Waals surface area (Å²) in [7, 11) is 1.57. The van der Waals surface area contributed by atoms with Gasteiger partial charge in [0.05, 0.1) is 13.7 Å². The van der Waals surface area contributed by atoms with Crippen LogP contribution in [0.25, 0.3) is 10.4 Å². The van der Waals surface area contributed by atoms with E-state index in [1.54, 1.807) is 13.3 Å². The fraction of sp³-hybridized carbons (Fsp3) is 0.300. The number of hydrogen-bond donors (Lipinski definition) is 0. The first-order valence-corrected chi connectivity index (χ1v) is 4.28. The lowest BCUT2D eigenvalue weighted by Crippen LogP contribution is -1.91. The van der Waals surface area contributed by atoms with Crippen LogP contribution < -0.4 is 4.74 Å². The molecule has 0 N–H and O–H groups in total. The van der Waals surface area contributed by atoms with E-state index in [9.17, 15) is 0 Å². The quantitative estimate of drug-likeness (QED) is 0.318. The highest BCUT2D eigenvalue weighted by molar-refractivity contribution is 5.38. The number of aryl methyl sites for hydroxylation is 1. The SMILES string of the molecule is COc1ncc(C#CCN=[N+]=[N-])cc1C. The molecule has 0 aliphatic heterocycles. The summed E-state index contributed by atoms with van der Waals surface area (Å²) in [6, 6.07) is 1.87. The monoisotopic (exact) mass is 202 g/mol. The number of rotatable bonds is 2. The lowest BCUT2D eigenvalue weighted by molar-refractivity contribution is 0.394. The van der Waals surface area contributed by atoms with Crippen molar-refractivity contribution in [1.82, 2.24) is 4.98 Å². The van der Waals surface area contributed by atoms with Gasteiger partial charge in [-0.15, -0.1) is 0 Å². The molecule has 0 aliphatic rings. The highest BCUT2D eigenvalue weighted by Crippen LogP contribution is 2.13. The lowest BCUT2D eigenvalue weighted by atomic mass is 10.2. The highest BCUT2D eigenvalue weighted by atomic mass is 16.5. The summed E-state index contributed by atoms with van der Waals surface area (Å²) in [6.07, 6.45) is 1.62. The zero-order valence-corrected chi connectivity index (χ0v) is 8.56. The van der Waals surface area contributed by atoms with Crippen LogP contribution in [-0.2, 0) is 0 Å². The first-order chi connectivity index (χ1) is 7.27. The standard InChI is InChI=1S/C10H10N4O/c1-8-6-9(4-3-5-13-14-11)7-12-10(8)15-2/h6-7H,5H2,1-2H3. The van der Waals surface area contributed by atoms with Gasteiger partial charge < -0.3 is 4.74 Å². The minimum Gasteiger partial charge on any atom is -0.481 e. The number of ether oxygens (including phenoxy) is 1. The molecule has 0 fully saturated rings. The van der Waals surface area contributed by atoms with E-state index in [1.165, 1.54) is 0 Å². The molecule has 1 heterocycles. The van der Waals surface area contributed by atoms with E-state index in [1.807, 2.05) is 13.0 Å². The molecule has 0 saturated heterocycles. The maximum Gasteiger partial charge on any atom is 0.215 e. The predicted octanol–water partition coefficient (Wildman–Crippen LogP) is 2.06. The summed E-state index contributed by atoms with van der Waals surface area (Å²) in [6.45, 7) is 2.06. The molecule has 0 amide bonds. The molecule has 0 aliphatic carbocycles. The molecule has 5 nitrogen and oxygen atoms in total. The number of pyridine rings is 1. The Bertz CT molecular complexity index is 452. The third-order valence-corrected chi connectivity index (χ3v) is 1.67. The van der Waals surface area contributed by atoms with Gasteiger partial charge in [0.15, 0.2) is 0 Å². The molecular formula is C10H10N4O. The fourth-order valence-electron chi connectivity index (χ4n) is 1.05. The van der Waals surface area contributed by atoms with Gasteiger partial charge in [0, 0.05) is 22.2 Å². The van der Waals surface area contributed by atoms with Crippen LogP contribution in [0, 0.1) is 18.8 Å². The molecule has 0 atom stereocenters. The molecule has 0 radical (unpaired) electrons. The summed E-state index contributed by atoms with van der Waals surface area (Å²) >= 11 is 0. The van der Waals surface area contributed by atoms with Crippen molar-refractivity contribution >= 4 is 0 Å². The maximum absolute atomic E-state index is 8.04. The van der Waals surface area contributed by atoms with Crippen molar-refractivity contribution in [2.45, 2.75) is 6.92 Å². The number of azide groups is 1. The van der Waals surface area contributed by atoms with Gasteiger partial charge in [0.1, 0.15) is 0 Å². The van der Waals surface area contributed by atoms with Gasteiger partial charge in [-0.2, -0.15) is 0 Å². The molecule has 1 aromatic heterocycles. The van der Waals surface area contributed by atoms with E-state index < -0.39 is 0 Å². The fourth-order valence-corrected chi connectivity index (χ4v) is 1.05. The van der Waals surface area contributed by atoms with Gasteiger partial charge in [-0.1, -0.05) is 17.0 Å². The van der Waals surface area contributed by atoms with Gasteiger partial charge in [0.25, 0.3) is 0 Å². The van der Waals surface area contributed by atoms with Gasteiger partial charge in [-0.3, -0.25) is 0 Å². The average Bonchev–Trinajstić information content (AvgIpc) is 2.25. The first-order valence-electron chi connectivity index (χ1n) is 4.28. The number of hydrogen-bond acceptors (Lipinski definition) is 3. The van der Waals surface area contributed by atoms with E-state index in [0.29, 0.717) is 5.88 Å². The van der Waals surface area contributed by atoms with Crippen molar-refractivity contribution in [2.24, 2.45) is 5.11 Å². The molecule has 0 aromatic carbocycles. The Morgan fingerprint density at radius 3 is 3.07 bits per heavy atom. The van der Waals surface area contributed by atoms with Crippen LogP contribution in [0.3, 0.4) is 0 Å². The van der Waals surface area contributed by atoms with Crippen LogP contribution in [-0.4, -0.2) is 18.6 Å². The molecular weight excluding hydrogens is 192 g/mol. The molecule has 1 aromatic rings. The van der Waals surface area contributed by atoms with Crippen molar-refractivity contribution in [2.75, 3.05) is 13.7 Å². The van der Waals surface area contributed by atoms with Crippen molar-refractivity contribution in [3.05, 3.63) is 33.8 Å². The Morgan fingerprint density at radius 2 is 2.47 bits per heavy atom. The zero-order valence-electron chi connectivity index (χ0n) is 8.56. The number of aromatic nitrogens is 1. The minimum atomic E-state index is 0.168. The van der Waals surface area contributed by atoms with Crippen molar-refractivity contribution in [3.63, 3.8) is 0 Å². The smallest absolute Gasteiger partial charge is 0.215 e. The van der Waals surface area contributed by atoms with Gasteiger partial charge in [-0.25, -0.2) is 4.98 Å². The molecule has 5 heteroatoms. The highest BCUT2D eigenvalue weighted by Gasteiger charge is 1.98. The molecule has 0 saturated carbocycles. The van der Waals surface area contributed by atoms with Crippen molar-refractivity contribution in [3.8, 4) is 17.7 Å². The molecule has 1 rings (SSSR count). The molecule has 76 valence electrons. The molecule has 0 bridgehead atoms. The third-order valence-electron chi connectivity index (χ3n) is 1.67. The van der Waals surface area contributed by atoms with Gasteiger partial charge in [-0.05, 0) is 18.5 Å². The summed E-state index contributed by atoms with van der Waals surface area (Å²) in [5.41, 5.74) is 9.74. The molecule has 0 unspecified atom stereocenters. The Kier molecular flexibility index (Phi) is 4.02. The first kappa shape index (κ1) is 10.9.